The van der Waals surface area contributed by atoms with Gasteiger partial charge >= 0.3 is 11.9 Å². The fraction of sp³-hybridized carbons (Fsp3) is 0.333. The molecule has 0 aliphatic rings. The predicted octanol–water partition coefficient (Wildman–Crippen LogP) is 3.33. The lowest BCUT2D eigenvalue weighted by Crippen LogP contribution is -2.41. The highest BCUT2D eigenvalue weighted by atomic mass is 16.5. The van der Waals surface area contributed by atoms with Crippen molar-refractivity contribution in [2.24, 2.45) is 5.92 Å². The van der Waals surface area contributed by atoms with E-state index in [0.29, 0.717) is 12.1 Å². The summed E-state index contributed by atoms with van der Waals surface area (Å²) in [6.45, 7) is 4.72. The topological polar surface area (TPSA) is 64.6 Å². The summed E-state index contributed by atoms with van der Waals surface area (Å²) < 4.78 is 10.1. The Balaban J connectivity index is 1.91. The predicted molar refractivity (Wildman–Crippen MR) is 99.5 cm³/mol. The normalized spacial score (nSPS) is 11.8. The lowest BCUT2D eigenvalue weighted by Gasteiger charge is -2.21. The number of hydrogen-bond acceptors (Lipinski definition) is 5. The monoisotopic (exact) mass is 355 g/mol. The molecule has 0 bridgehead atoms. The minimum Gasteiger partial charge on any atom is -0.465 e. The summed E-state index contributed by atoms with van der Waals surface area (Å²) in [7, 11) is 1.35. The van der Waals surface area contributed by atoms with Crippen LogP contribution in [0.3, 0.4) is 0 Å². The second kappa shape index (κ2) is 9.73. The molecule has 138 valence electrons. The molecule has 0 saturated heterocycles. The van der Waals surface area contributed by atoms with Gasteiger partial charge in [0.2, 0.25) is 0 Å². The smallest absolute Gasteiger partial charge is 0.337 e. The van der Waals surface area contributed by atoms with E-state index >= 15 is 0 Å². The van der Waals surface area contributed by atoms with Gasteiger partial charge in [0.1, 0.15) is 12.6 Å². The summed E-state index contributed by atoms with van der Waals surface area (Å²) >= 11 is 0. The first kappa shape index (κ1) is 19.7. The highest BCUT2D eigenvalue weighted by Gasteiger charge is 2.23. The second-order valence-corrected chi connectivity index (χ2v) is 6.38. The van der Waals surface area contributed by atoms with Gasteiger partial charge in [0.25, 0.3) is 0 Å². The molecule has 26 heavy (non-hydrogen) atoms. The van der Waals surface area contributed by atoms with Crippen LogP contribution in [0.5, 0.6) is 0 Å². The number of carbonyl (C=O) groups excluding carboxylic acids is 2. The first-order chi connectivity index (χ1) is 12.5. The summed E-state index contributed by atoms with van der Waals surface area (Å²) in [4.78, 5) is 23.9. The molecule has 5 nitrogen and oxygen atoms in total. The Hall–Kier alpha value is -2.66. The fourth-order valence-electron chi connectivity index (χ4n) is 2.51. The largest absolute Gasteiger partial charge is 0.465 e. The van der Waals surface area contributed by atoms with E-state index in [1.807, 2.05) is 56.3 Å². The molecule has 1 N–H and O–H groups in total. The molecule has 0 amide bonds. The summed E-state index contributed by atoms with van der Waals surface area (Å²) in [6, 6.07) is 16.3. The fourth-order valence-corrected chi connectivity index (χ4v) is 2.51. The van der Waals surface area contributed by atoms with Crippen LogP contribution in [-0.2, 0) is 27.4 Å². The van der Waals surface area contributed by atoms with Crippen LogP contribution >= 0.6 is 0 Å². The van der Waals surface area contributed by atoms with E-state index in [2.05, 4.69) is 10.1 Å². The summed E-state index contributed by atoms with van der Waals surface area (Å²) in [5.74, 6) is -0.545. The standard InChI is InChI=1S/C21H25NO4/c1-15(2)19(21(24)26-14-17-7-5-4-6-8-17)22-13-16-9-11-18(12-10-16)20(23)25-3/h4-12,15,19,22H,13-14H2,1-3H3/t19-/m0/s1. The molecule has 0 aliphatic heterocycles. The van der Waals surface area contributed by atoms with Crippen molar-refractivity contribution in [3.05, 3.63) is 71.3 Å². The minimum absolute atomic E-state index is 0.0904. The number of benzene rings is 2. The quantitative estimate of drug-likeness (QED) is 0.736. The molecule has 0 radical (unpaired) electrons. The van der Waals surface area contributed by atoms with Crippen molar-refractivity contribution in [3.63, 3.8) is 0 Å². The molecule has 2 aromatic carbocycles. The Morgan fingerprint density at radius 1 is 0.962 bits per heavy atom. The van der Waals surface area contributed by atoms with Gasteiger partial charge in [0, 0.05) is 6.54 Å². The van der Waals surface area contributed by atoms with Crippen LogP contribution in [0.1, 0.15) is 35.3 Å². The number of hydrogen-bond donors (Lipinski definition) is 1. The molecule has 0 spiro atoms. The maximum absolute atomic E-state index is 12.4. The summed E-state index contributed by atoms with van der Waals surface area (Å²) in [6.07, 6.45) is 0. The van der Waals surface area contributed by atoms with E-state index in [-0.39, 0.29) is 24.5 Å². The van der Waals surface area contributed by atoms with E-state index in [0.717, 1.165) is 11.1 Å². The van der Waals surface area contributed by atoms with Crippen molar-refractivity contribution in [1.82, 2.24) is 5.32 Å². The number of ether oxygens (including phenoxy) is 2. The number of nitrogens with one attached hydrogen (secondary N) is 1. The van der Waals surface area contributed by atoms with Crippen molar-refractivity contribution in [1.29, 1.82) is 0 Å². The van der Waals surface area contributed by atoms with Crippen molar-refractivity contribution in [2.45, 2.75) is 33.0 Å². The van der Waals surface area contributed by atoms with Gasteiger partial charge in [-0.3, -0.25) is 4.79 Å². The van der Waals surface area contributed by atoms with Gasteiger partial charge in [0.15, 0.2) is 0 Å². The molecule has 1 atom stereocenters. The SMILES string of the molecule is COC(=O)c1ccc(CN[C@H](C(=O)OCc2ccccc2)C(C)C)cc1. The first-order valence-electron chi connectivity index (χ1n) is 8.62. The first-order valence-corrected chi connectivity index (χ1v) is 8.62. The van der Waals surface area contributed by atoms with E-state index in [1.165, 1.54) is 7.11 Å². The molecule has 2 rings (SSSR count). The molecule has 0 fully saturated rings. The summed E-state index contributed by atoms with van der Waals surface area (Å²) in [5.41, 5.74) is 2.43. The average Bonchev–Trinajstić information content (AvgIpc) is 2.67. The minimum atomic E-state index is -0.404. The third-order valence-corrected chi connectivity index (χ3v) is 4.05. The maximum atomic E-state index is 12.4. The van der Waals surface area contributed by atoms with Crippen LogP contribution in [0, 0.1) is 5.92 Å². The molecule has 5 heteroatoms. The molecule has 0 aromatic heterocycles. The zero-order valence-corrected chi connectivity index (χ0v) is 15.4. The summed E-state index contributed by atoms with van der Waals surface area (Å²) in [5, 5.41) is 3.24. The molecular formula is C21H25NO4. The van der Waals surface area contributed by atoms with Crippen LogP contribution in [0.15, 0.2) is 54.6 Å². The van der Waals surface area contributed by atoms with Gasteiger partial charge in [-0.1, -0.05) is 56.3 Å². The van der Waals surface area contributed by atoms with Crippen molar-refractivity contribution in [2.75, 3.05) is 7.11 Å². The zero-order valence-electron chi connectivity index (χ0n) is 15.4. The van der Waals surface area contributed by atoms with Crippen LogP contribution in [-0.4, -0.2) is 25.1 Å². The number of carbonyl (C=O) groups is 2. The van der Waals surface area contributed by atoms with Gasteiger partial charge in [-0.15, -0.1) is 0 Å². The van der Waals surface area contributed by atoms with E-state index in [1.54, 1.807) is 12.1 Å². The number of esters is 2. The lowest BCUT2D eigenvalue weighted by atomic mass is 10.0. The molecule has 0 unspecified atom stereocenters. The van der Waals surface area contributed by atoms with Crippen LogP contribution < -0.4 is 5.32 Å². The number of rotatable bonds is 8. The maximum Gasteiger partial charge on any atom is 0.337 e. The van der Waals surface area contributed by atoms with Crippen molar-refractivity contribution < 1.29 is 19.1 Å². The Morgan fingerprint density at radius 3 is 2.19 bits per heavy atom. The molecular weight excluding hydrogens is 330 g/mol. The Morgan fingerprint density at radius 2 is 1.62 bits per heavy atom. The Bertz CT molecular complexity index is 711. The zero-order chi connectivity index (χ0) is 18.9. The lowest BCUT2D eigenvalue weighted by molar-refractivity contribution is -0.148. The van der Waals surface area contributed by atoms with Gasteiger partial charge in [-0.2, -0.15) is 0 Å². The van der Waals surface area contributed by atoms with Crippen molar-refractivity contribution in [3.8, 4) is 0 Å². The highest BCUT2D eigenvalue weighted by molar-refractivity contribution is 5.89. The van der Waals surface area contributed by atoms with Gasteiger partial charge in [0.05, 0.1) is 12.7 Å². The molecule has 0 saturated carbocycles. The highest BCUT2D eigenvalue weighted by Crippen LogP contribution is 2.10. The van der Waals surface area contributed by atoms with E-state index < -0.39 is 6.04 Å². The third kappa shape index (κ3) is 5.70. The Labute approximate surface area is 154 Å². The van der Waals surface area contributed by atoms with Crippen LogP contribution in [0.4, 0.5) is 0 Å². The van der Waals surface area contributed by atoms with Crippen LogP contribution in [0.25, 0.3) is 0 Å². The van der Waals surface area contributed by atoms with Gasteiger partial charge in [-0.25, -0.2) is 4.79 Å². The molecule has 0 heterocycles. The number of methoxy groups -OCH3 is 1. The van der Waals surface area contributed by atoms with Gasteiger partial charge < -0.3 is 14.8 Å². The van der Waals surface area contributed by atoms with Gasteiger partial charge in [-0.05, 0) is 29.2 Å². The second-order valence-electron chi connectivity index (χ2n) is 6.38. The van der Waals surface area contributed by atoms with E-state index in [9.17, 15) is 9.59 Å². The average molecular weight is 355 g/mol. The third-order valence-electron chi connectivity index (χ3n) is 4.05. The molecule has 2 aromatic rings. The molecule has 0 aliphatic carbocycles. The van der Waals surface area contributed by atoms with Crippen molar-refractivity contribution >= 4 is 11.9 Å². The van der Waals surface area contributed by atoms with E-state index in [4.69, 9.17) is 4.74 Å². The Kier molecular flexibility index (Phi) is 7.36. The van der Waals surface area contributed by atoms with Crippen LogP contribution in [0.2, 0.25) is 0 Å².